The highest BCUT2D eigenvalue weighted by atomic mass is 14.9. The lowest BCUT2D eigenvalue weighted by Crippen LogP contribution is -2.31. The van der Waals surface area contributed by atoms with Crippen LogP contribution in [0.5, 0.6) is 0 Å². The van der Waals surface area contributed by atoms with E-state index in [4.69, 9.17) is 0 Å². The smallest absolute Gasteiger partial charge is 0.0369 e. The highest BCUT2D eigenvalue weighted by molar-refractivity contribution is 5.63. The molecule has 20 heavy (non-hydrogen) atoms. The summed E-state index contributed by atoms with van der Waals surface area (Å²) in [5, 5.41) is 3.47. The third-order valence-corrected chi connectivity index (χ3v) is 4.33. The predicted molar refractivity (Wildman–Crippen MR) is 87.8 cm³/mol. The minimum absolute atomic E-state index is 0.253. The molecule has 1 nitrogen and oxygen atoms in total. The summed E-state index contributed by atoms with van der Waals surface area (Å²) >= 11 is 0. The molecule has 0 aliphatic carbocycles. The van der Waals surface area contributed by atoms with E-state index in [2.05, 4.69) is 80.7 Å². The molecule has 1 N–H and O–H groups in total. The fourth-order valence-corrected chi connectivity index (χ4v) is 2.71. The van der Waals surface area contributed by atoms with Gasteiger partial charge in [-0.2, -0.15) is 0 Å². The van der Waals surface area contributed by atoms with E-state index in [1.165, 1.54) is 16.7 Å². The summed E-state index contributed by atoms with van der Waals surface area (Å²) in [5.41, 5.74) is 4.16. The minimum atomic E-state index is 0.253. The molecule has 0 heterocycles. The zero-order valence-corrected chi connectivity index (χ0v) is 13.0. The molecule has 1 atom stereocenters. The molecule has 2 aromatic rings. The molecule has 0 fully saturated rings. The van der Waals surface area contributed by atoms with Gasteiger partial charge in [0.15, 0.2) is 0 Å². The van der Waals surface area contributed by atoms with Gasteiger partial charge >= 0.3 is 0 Å². The second kappa shape index (κ2) is 6.23. The highest BCUT2D eigenvalue weighted by Gasteiger charge is 2.27. The van der Waals surface area contributed by atoms with Crippen molar-refractivity contribution < 1.29 is 0 Å². The molecule has 0 radical (unpaired) electrons. The van der Waals surface area contributed by atoms with Crippen molar-refractivity contribution >= 4 is 0 Å². The molecule has 106 valence electrons. The largest absolute Gasteiger partial charge is 0.313 e. The monoisotopic (exact) mass is 267 g/mol. The van der Waals surface area contributed by atoms with Crippen molar-refractivity contribution in [2.45, 2.75) is 33.2 Å². The van der Waals surface area contributed by atoms with Crippen LogP contribution in [0.25, 0.3) is 11.1 Å². The average Bonchev–Trinajstić information content (AvgIpc) is 2.49. The Morgan fingerprint density at radius 1 is 0.900 bits per heavy atom. The number of rotatable bonds is 5. The van der Waals surface area contributed by atoms with E-state index in [-0.39, 0.29) is 5.41 Å². The molecule has 0 spiro atoms. The lowest BCUT2D eigenvalue weighted by Gasteiger charge is -2.33. The summed E-state index contributed by atoms with van der Waals surface area (Å²) in [6, 6.07) is 19.9. The van der Waals surface area contributed by atoms with Gasteiger partial charge in [-0.1, -0.05) is 75.4 Å². The van der Waals surface area contributed by atoms with E-state index in [1.54, 1.807) is 0 Å². The van der Waals surface area contributed by atoms with Crippen molar-refractivity contribution in [3.05, 3.63) is 60.2 Å². The zero-order chi connectivity index (χ0) is 14.6. The molecule has 1 heteroatoms. The molecule has 0 bridgehead atoms. The Bertz CT molecular complexity index is 525. The van der Waals surface area contributed by atoms with Gasteiger partial charge in [-0.15, -0.1) is 0 Å². The van der Waals surface area contributed by atoms with Gasteiger partial charge < -0.3 is 5.32 Å². The van der Waals surface area contributed by atoms with Gasteiger partial charge in [-0.25, -0.2) is 0 Å². The van der Waals surface area contributed by atoms with Crippen LogP contribution in [0, 0.1) is 5.41 Å². The number of benzene rings is 2. The maximum Gasteiger partial charge on any atom is 0.0369 e. The van der Waals surface area contributed by atoms with Crippen molar-refractivity contribution in [1.82, 2.24) is 5.32 Å². The first-order valence-corrected chi connectivity index (χ1v) is 7.41. The summed E-state index contributed by atoms with van der Waals surface area (Å²) in [5.74, 6) is 0. The van der Waals surface area contributed by atoms with Crippen LogP contribution in [0.2, 0.25) is 0 Å². The molecule has 0 aliphatic heterocycles. The lowest BCUT2D eigenvalue weighted by atomic mass is 9.78. The fourth-order valence-electron chi connectivity index (χ4n) is 2.71. The van der Waals surface area contributed by atoms with Crippen LogP contribution in [-0.4, -0.2) is 7.05 Å². The normalized spacial score (nSPS) is 13.2. The Morgan fingerprint density at radius 2 is 1.45 bits per heavy atom. The van der Waals surface area contributed by atoms with E-state index in [0.717, 1.165) is 6.42 Å². The molecule has 0 aliphatic rings. The number of hydrogen-bond acceptors (Lipinski definition) is 1. The Hall–Kier alpha value is -1.60. The first-order chi connectivity index (χ1) is 9.58. The summed E-state index contributed by atoms with van der Waals surface area (Å²) in [7, 11) is 2.05. The molecule has 0 amide bonds. The van der Waals surface area contributed by atoms with Crippen molar-refractivity contribution in [1.29, 1.82) is 0 Å². The van der Waals surface area contributed by atoms with Crippen LogP contribution in [0.4, 0.5) is 0 Å². The Morgan fingerprint density at radius 3 is 1.95 bits per heavy atom. The van der Waals surface area contributed by atoms with E-state index < -0.39 is 0 Å². The lowest BCUT2D eigenvalue weighted by molar-refractivity contribution is 0.245. The molecule has 0 saturated heterocycles. The summed E-state index contributed by atoms with van der Waals surface area (Å²) < 4.78 is 0. The standard InChI is InChI=1S/C19H25N/c1-5-19(2,3)18(20-4)17-13-11-16(12-14-17)15-9-7-6-8-10-15/h6-14,18,20H,5H2,1-4H3. The third kappa shape index (κ3) is 3.10. The average molecular weight is 267 g/mol. The van der Waals surface area contributed by atoms with Gasteiger partial charge in [0, 0.05) is 6.04 Å². The minimum Gasteiger partial charge on any atom is -0.313 e. The first kappa shape index (κ1) is 14.8. The van der Waals surface area contributed by atoms with E-state index in [0.29, 0.717) is 6.04 Å². The predicted octanol–water partition coefficient (Wildman–Crippen LogP) is 5.05. The van der Waals surface area contributed by atoms with Crippen molar-refractivity contribution in [2.24, 2.45) is 5.41 Å². The van der Waals surface area contributed by atoms with Crippen LogP contribution in [-0.2, 0) is 0 Å². The van der Waals surface area contributed by atoms with Gasteiger partial charge in [-0.05, 0) is 35.6 Å². The van der Waals surface area contributed by atoms with Gasteiger partial charge in [-0.3, -0.25) is 0 Å². The molecular formula is C19H25N. The van der Waals surface area contributed by atoms with E-state index in [9.17, 15) is 0 Å². The van der Waals surface area contributed by atoms with Crippen LogP contribution >= 0.6 is 0 Å². The van der Waals surface area contributed by atoms with Gasteiger partial charge in [0.05, 0.1) is 0 Å². The van der Waals surface area contributed by atoms with Gasteiger partial charge in [0.25, 0.3) is 0 Å². The molecule has 2 rings (SSSR count). The highest BCUT2D eigenvalue weighted by Crippen LogP contribution is 2.36. The molecular weight excluding hydrogens is 242 g/mol. The second-order valence-corrected chi connectivity index (χ2v) is 6.05. The SMILES string of the molecule is CCC(C)(C)C(NC)c1ccc(-c2ccccc2)cc1. The van der Waals surface area contributed by atoms with Crippen LogP contribution in [0.15, 0.2) is 54.6 Å². The maximum absolute atomic E-state index is 3.47. The van der Waals surface area contributed by atoms with Crippen molar-refractivity contribution in [3.63, 3.8) is 0 Å². The number of nitrogens with one attached hydrogen (secondary N) is 1. The third-order valence-electron chi connectivity index (χ3n) is 4.33. The molecule has 1 unspecified atom stereocenters. The second-order valence-electron chi connectivity index (χ2n) is 6.05. The Labute approximate surface area is 123 Å². The zero-order valence-electron chi connectivity index (χ0n) is 13.0. The topological polar surface area (TPSA) is 12.0 Å². The van der Waals surface area contributed by atoms with Crippen molar-refractivity contribution in [2.75, 3.05) is 7.05 Å². The molecule has 2 aromatic carbocycles. The fraction of sp³-hybridized carbons (Fsp3) is 0.368. The molecule has 0 saturated carbocycles. The molecule has 0 aromatic heterocycles. The summed E-state index contributed by atoms with van der Waals surface area (Å²) in [4.78, 5) is 0. The van der Waals surface area contributed by atoms with Gasteiger partial charge in [0.2, 0.25) is 0 Å². The van der Waals surface area contributed by atoms with Crippen molar-refractivity contribution in [3.8, 4) is 11.1 Å². The van der Waals surface area contributed by atoms with E-state index >= 15 is 0 Å². The number of hydrogen-bond donors (Lipinski definition) is 1. The van der Waals surface area contributed by atoms with E-state index in [1.807, 2.05) is 7.05 Å². The summed E-state index contributed by atoms with van der Waals surface area (Å²) in [6.07, 6.45) is 1.15. The first-order valence-electron chi connectivity index (χ1n) is 7.41. The van der Waals surface area contributed by atoms with Crippen LogP contribution in [0.3, 0.4) is 0 Å². The summed E-state index contributed by atoms with van der Waals surface area (Å²) in [6.45, 7) is 6.89. The van der Waals surface area contributed by atoms with Crippen LogP contribution < -0.4 is 5.32 Å². The quantitative estimate of drug-likeness (QED) is 0.799. The van der Waals surface area contributed by atoms with Gasteiger partial charge in [0.1, 0.15) is 0 Å². The maximum atomic E-state index is 3.47. The Balaban J connectivity index is 2.28. The Kier molecular flexibility index (Phi) is 4.61. The van der Waals surface area contributed by atoms with Crippen LogP contribution in [0.1, 0.15) is 38.8 Å².